The first kappa shape index (κ1) is 53.0. The number of fused-ring (bicyclic) bond motifs is 7. The lowest BCUT2D eigenvalue weighted by Gasteiger charge is -2.69. The maximum absolute atomic E-state index is 14.8. The summed E-state index contributed by atoms with van der Waals surface area (Å²) in [5.74, 6) is -1.99. The van der Waals surface area contributed by atoms with Crippen molar-refractivity contribution in [2.24, 2.45) is 44.3 Å². The second-order valence-corrected chi connectivity index (χ2v) is 22.5. The molecule has 69 heavy (non-hydrogen) atoms. The molecule has 12 N–H and O–H groups in total. The van der Waals surface area contributed by atoms with Crippen molar-refractivity contribution in [1.82, 2.24) is 0 Å². The smallest absolute Gasteiger partial charge is 0.315 e. The molecule has 0 bridgehead atoms. The number of carbonyl (C=O) groups is 2. The fourth-order valence-electron chi connectivity index (χ4n) is 14.5. The number of hydrogen-bond donors (Lipinski definition) is 12. The second-order valence-electron chi connectivity index (χ2n) is 22.5. The molecule has 0 amide bonds. The van der Waals surface area contributed by atoms with E-state index in [1.165, 1.54) is 7.11 Å². The third kappa shape index (κ3) is 8.09. The number of allylic oxidation sites excluding steroid dienone is 4. The van der Waals surface area contributed by atoms with E-state index in [1.54, 1.807) is 0 Å². The Morgan fingerprint density at radius 2 is 1.25 bits per heavy atom. The molecule has 0 aromatic heterocycles. The van der Waals surface area contributed by atoms with Gasteiger partial charge in [0, 0.05) is 5.41 Å². The van der Waals surface area contributed by atoms with Gasteiger partial charge in [0.05, 0.1) is 56.6 Å². The highest BCUT2D eigenvalue weighted by Crippen LogP contribution is 2.75. The lowest BCUT2D eigenvalue weighted by atomic mass is 9.35. The molecule has 0 aromatic carbocycles. The lowest BCUT2D eigenvalue weighted by molar-refractivity contribution is -0.355. The van der Waals surface area contributed by atoms with E-state index in [0.29, 0.717) is 32.1 Å². The van der Waals surface area contributed by atoms with Gasteiger partial charge in [0.1, 0.15) is 67.1 Å². The van der Waals surface area contributed by atoms with Crippen LogP contribution in [0.2, 0.25) is 0 Å². The quantitative estimate of drug-likeness (QED) is 0.0816. The topological polar surface area (TPSA) is 342 Å². The van der Waals surface area contributed by atoms with Crippen molar-refractivity contribution in [2.45, 2.75) is 184 Å². The van der Waals surface area contributed by atoms with Crippen LogP contribution in [0, 0.1) is 44.3 Å². The predicted molar refractivity (Wildman–Crippen MR) is 233 cm³/mol. The fourth-order valence-corrected chi connectivity index (χ4v) is 14.5. The Bertz CT molecular complexity index is 1980. The van der Waals surface area contributed by atoms with E-state index in [-0.39, 0.29) is 25.2 Å². The summed E-state index contributed by atoms with van der Waals surface area (Å²) < 4.78 is 40.2. The van der Waals surface area contributed by atoms with Gasteiger partial charge < -0.3 is 94.4 Å². The third-order valence-corrected chi connectivity index (χ3v) is 18.9. The van der Waals surface area contributed by atoms with Gasteiger partial charge in [-0.05, 0) is 86.4 Å². The lowest BCUT2D eigenvalue weighted by Crippen LogP contribution is -2.67. The first-order chi connectivity index (χ1) is 32.4. The SMILES string of the molecule is COC(=O)[C@@]1(C)CC[C@]2(C(=O)O[C@@H]3O[C@H](CO)[C@@H](O)[C@H](O)[C@H]3O)CC[C@]3(C)C(=CC=C4[C@@]5(C)C[C@H](O)[C@H](O[C@@H]6OC[C@@H](O[C@@H]7O[C@H](CO)[C@@H](O)[C@H](O)[C@H]7O)[C@H](O)[C@H]6O)[C@@](C)(CO)[C@@H]5CC[C@]43C)[C@@H]2C1. The largest absolute Gasteiger partial charge is 0.469 e. The van der Waals surface area contributed by atoms with Crippen LogP contribution in [0.15, 0.2) is 23.3 Å². The molecule has 5 aliphatic carbocycles. The van der Waals surface area contributed by atoms with Gasteiger partial charge in [-0.15, -0.1) is 0 Å². The number of methoxy groups -OCH3 is 1. The minimum Gasteiger partial charge on any atom is -0.469 e. The van der Waals surface area contributed by atoms with Crippen molar-refractivity contribution in [2.75, 3.05) is 33.5 Å². The van der Waals surface area contributed by atoms with Gasteiger partial charge in [-0.3, -0.25) is 9.59 Å². The van der Waals surface area contributed by atoms with Crippen LogP contribution in [-0.4, -0.2) is 205 Å². The van der Waals surface area contributed by atoms with Crippen molar-refractivity contribution in [1.29, 1.82) is 0 Å². The molecule has 3 heterocycles. The van der Waals surface area contributed by atoms with Crippen LogP contribution < -0.4 is 0 Å². The molecule has 24 atom stereocenters. The van der Waals surface area contributed by atoms with Crippen LogP contribution in [0.3, 0.4) is 0 Å². The Morgan fingerprint density at radius 3 is 1.86 bits per heavy atom. The summed E-state index contributed by atoms with van der Waals surface area (Å²) in [5.41, 5.74) is -3.29. The monoisotopic (exact) mass is 986 g/mol. The Labute approximate surface area is 400 Å². The molecule has 21 nitrogen and oxygen atoms in total. The first-order valence-electron chi connectivity index (χ1n) is 24.3. The van der Waals surface area contributed by atoms with Crippen LogP contribution in [-0.2, 0) is 42.7 Å². The highest BCUT2D eigenvalue weighted by molar-refractivity contribution is 5.81. The maximum Gasteiger partial charge on any atom is 0.315 e. The Morgan fingerprint density at radius 1 is 0.652 bits per heavy atom. The molecule has 7 fully saturated rings. The summed E-state index contributed by atoms with van der Waals surface area (Å²) in [6.07, 6.45) is -17.9. The molecule has 3 aliphatic heterocycles. The zero-order valence-electron chi connectivity index (χ0n) is 40.1. The molecule has 4 saturated carbocycles. The van der Waals surface area contributed by atoms with E-state index in [1.807, 2.05) is 19.9 Å². The molecule has 3 saturated heterocycles. The standard InChI is InChI=1S/C48H74O21/c1-43(41(61)63-6)11-13-48(42(62)69-40-36(60)33(57)30(54)25(18-50)66-40)14-12-46(4)21(22(48)15-43)7-8-28-44(2)16-23(52)37(45(3,20-51)27(44)9-10-47(28,46)5)68-38-34(58)31(55)26(19-64-38)67-39-35(59)32(56)29(53)24(17-49)65-39/h7-8,22-27,29-40,49-60H,9-20H2,1-6H3/t22-,23-,24+,25+,26+,27+,29+,30+,31-,32-,33-,34+,35+,36+,37-,38-,39-,40-,43-,44-,45-,46+,47+,48-/m0/s1. The summed E-state index contributed by atoms with van der Waals surface area (Å²) in [6, 6.07) is 0. The van der Waals surface area contributed by atoms with E-state index < -0.39 is 175 Å². The Balaban J connectivity index is 1.06. The average molecular weight is 987 g/mol. The van der Waals surface area contributed by atoms with Crippen LogP contribution in [0.1, 0.15) is 86.0 Å². The zero-order valence-corrected chi connectivity index (χ0v) is 40.1. The molecule has 392 valence electrons. The van der Waals surface area contributed by atoms with Crippen molar-refractivity contribution in [3.05, 3.63) is 23.3 Å². The molecule has 8 rings (SSSR count). The first-order valence-corrected chi connectivity index (χ1v) is 24.3. The van der Waals surface area contributed by atoms with Crippen LogP contribution in [0.4, 0.5) is 0 Å². The molecule has 0 radical (unpaired) electrons. The fraction of sp³-hybridized carbons (Fsp3) is 0.875. The summed E-state index contributed by atoms with van der Waals surface area (Å²) in [6.45, 7) is 7.84. The van der Waals surface area contributed by atoms with Gasteiger partial charge in [-0.2, -0.15) is 0 Å². The van der Waals surface area contributed by atoms with E-state index in [2.05, 4.69) is 26.8 Å². The summed E-state index contributed by atoms with van der Waals surface area (Å²) >= 11 is 0. The number of aliphatic hydroxyl groups is 12. The third-order valence-electron chi connectivity index (χ3n) is 18.9. The highest BCUT2D eigenvalue weighted by Gasteiger charge is 2.70. The Hall–Kier alpha value is -2.26. The minimum atomic E-state index is -1.80. The zero-order chi connectivity index (χ0) is 50.6. The molecule has 0 aromatic rings. The van der Waals surface area contributed by atoms with E-state index >= 15 is 0 Å². The summed E-state index contributed by atoms with van der Waals surface area (Å²) in [5, 5.41) is 128. The number of esters is 2. The number of aliphatic hydroxyl groups excluding tert-OH is 12. The number of rotatable bonds is 10. The normalized spacial score (nSPS) is 53.0. The molecular formula is C48H74O21. The predicted octanol–water partition coefficient (Wildman–Crippen LogP) is -2.20. The highest BCUT2D eigenvalue weighted by atomic mass is 16.7. The molecule has 8 aliphatic rings. The summed E-state index contributed by atoms with van der Waals surface area (Å²) in [4.78, 5) is 28.2. The van der Waals surface area contributed by atoms with E-state index in [9.17, 15) is 70.9 Å². The van der Waals surface area contributed by atoms with Crippen molar-refractivity contribution in [3.8, 4) is 0 Å². The molecular weight excluding hydrogens is 913 g/mol. The number of hydrogen-bond acceptors (Lipinski definition) is 21. The van der Waals surface area contributed by atoms with Gasteiger partial charge >= 0.3 is 11.9 Å². The van der Waals surface area contributed by atoms with Crippen LogP contribution in [0.5, 0.6) is 0 Å². The maximum atomic E-state index is 14.8. The van der Waals surface area contributed by atoms with Crippen LogP contribution >= 0.6 is 0 Å². The van der Waals surface area contributed by atoms with Crippen molar-refractivity contribution >= 4 is 11.9 Å². The Kier molecular flexibility index (Phi) is 14.5. The van der Waals surface area contributed by atoms with Gasteiger partial charge in [-0.1, -0.05) is 51.0 Å². The van der Waals surface area contributed by atoms with Gasteiger partial charge in [0.15, 0.2) is 12.6 Å². The molecule has 0 spiro atoms. The van der Waals surface area contributed by atoms with E-state index in [4.69, 9.17) is 33.2 Å². The molecule has 0 unspecified atom stereocenters. The van der Waals surface area contributed by atoms with Gasteiger partial charge in [0.2, 0.25) is 6.29 Å². The number of ether oxygens (including phenoxy) is 7. The number of carbonyl (C=O) groups excluding carboxylic acids is 2. The van der Waals surface area contributed by atoms with E-state index in [0.717, 1.165) is 11.1 Å². The van der Waals surface area contributed by atoms with Crippen LogP contribution in [0.25, 0.3) is 0 Å². The minimum absolute atomic E-state index is 0.173. The van der Waals surface area contributed by atoms with Gasteiger partial charge in [-0.25, -0.2) is 0 Å². The molecule has 21 heteroatoms. The van der Waals surface area contributed by atoms with Crippen molar-refractivity contribution < 1.29 is 104 Å². The summed E-state index contributed by atoms with van der Waals surface area (Å²) in [7, 11) is 1.33. The average Bonchev–Trinajstić information content (AvgIpc) is 3.32. The van der Waals surface area contributed by atoms with Crippen molar-refractivity contribution in [3.63, 3.8) is 0 Å². The van der Waals surface area contributed by atoms with Gasteiger partial charge in [0.25, 0.3) is 0 Å². The second kappa shape index (κ2) is 18.9.